The van der Waals surface area contributed by atoms with Crippen molar-refractivity contribution >= 4 is 29.1 Å². The fourth-order valence-electron chi connectivity index (χ4n) is 5.03. The van der Waals surface area contributed by atoms with Crippen LogP contribution in [-0.4, -0.2) is 50.0 Å². The van der Waals surface area contributed by atoms with Gasteiger partial charge in [-0.05, 0) is 55.2 Å². The van der Waals surface area contributed by atoms with E-state index in [1.807, 2.05) is 48.5 Å². The highest BCUT2D eigenvalue weighted by molar-refractivity contribution is 6.02. The van der Waals surface area contributed by atoms with Crippen LogP contribution < -0.4 is 20.3 Å². The lowest BCUT2D eigenvalue weighted by Crippen LogP contribution is -2.40. The van der Waals surface area contributed by atoms with E-state index in [9.17, 15) is 19.1 Å². The average molecular weight is 536 g/mol. The Balaban J connectivity index is 1.70. The van der Waals surface area contributed by atoms with E-state index in [-0.39, 0.29) is 18.2 Å². The lowest BCUT2D eigenvalue weighted by atomic mass is 9.88. The highest BCUT2D eigenvalue weighted by Crippen LogP contribution is 2.36. The lowest BCUT2D eigenvalue weighted by Gasteiger charge is -2.36. The Morgan fingerprint density at radius 3 is 2.38 bits per heavy atom. The van der Waals surface area contributed by atoms with Crippen LogP contribution in [0.5, 0.6) is 5.75 Å². The van der Waals surface area contributed by atoms with E-state index in [0.717, 1.165) is 29.7 Å². The Morgan fingerprint density at radius 2 is 1.74 bits per heavy atom. The molecule has 3 N–H and O–H groups in total. The van der Waals surface area contributed by atoms with Crippen LogP contribution in [0, 0.1) is 5.82 Å². The summed E-state index contributed by atoms with van der Waals surface area (Å²) in [5, 5.41) is 15.1. The number of ether oxygens (including phenoxy) is 2. The normalized spacial score (nSPS) is 14.3. The van der Waals surface area contributed by atoms with Crippen LogP contribution in [0.2, 0.25) is 0 Å². The summed E-state index contributed by atoms with van der Waals surface area (Å²) in [6, 6.07) is 18.9. The van der Waals surface area contributed by atoms with Gasteiger partial charge in [0.1, 0.15) is 11.6 Å². The van der Waals surface area contributed by atoms with Gasteiger partial charge in [0, 0.05) is 37.8 Å². The summed E-state index contributed by atoms with van der Waals surface area (Å²) in [4.78, 5) is 27.1. The molecule has 3 aromatic carbocycles. The lowest BCUT2D eigenvalue weighted by molar-refractivity contribution is -0.137. The molecule has 1 fully saturated rings. The maximum Gasteiger partial charge on any atom is 0.323 e. The Kier molecular flexibility index (Phi) is 9.38. The molecule has 0 bridgehead atoms. The molecular formula is C30H34FN3O5. The molecule has 39 heavy (non-hydrogen) atoms. The second-order valence-corrected chi connectivity index (χ2v) is 9.39. The predicted octanol–water partition coefficient (Wildman–Crippen LogP) is 6.09. The van der Waals surface area contributed by atoms with Gasteiger partial charge in [0.15, 0.2) is 0 Å². The number of carbonyl (C=O) groups excluding carboxylic acids is 1. The minimum atomic E-state index is -0.924. The summed E-state index contributed by atoms with van der Waals surface area (Å²) < 4.78 is 25.1. The van der Waals surface area contributed by atoms with Crippen molar-refractivity contribution in [2.45, 2.75) is 38.1 Å². The van der Waals surface area contributed by atoms with Crippen molar-refractivity contribution < 1.29 is 28.6 Å². The number of urea groups is 1. The number of rotatable bonds is 10. The van der Waals surface area contributed by atoms with E-state index in [0.29, 0.717) is 31.2 Å². The smallest absolute Gasteiger partial charge is 0.323 e. The quantitative estimate of drug-likeness (QED) is 0.291. The van der Waals surface area contributed by atoms with Crippen LogP contribution in [0.1, 0.15) is 43.2 Å². The minimum Gasteiger partial charge on any atom is -0.497 e. The molecule has 1 saturated heterocycles. The maximum absolute atomic E-state index is 14.5. The van der Waals surface area contributed by atoms with Gasteiger partial charge in [0.25, 0.3) is 0 Å². The van der Waals surface area contributed by atoms with Crippen LogP contribution in [0.3, 0.4) is 0 Å². The van der Waals surface area contributed by atoms with Crippen LogP contribution >= 0.6 is 0 Å². The van der Waals surface area contributed by atoms with Crippen LogP contribution in [0.15, 0.2) is 66.7 Å². The largest absolute Gasteiger partial charge is 0.497 e. The van der Waals surface area contributed by atoms with E-state index in [1.54, 1.807) is 6.07 Å². The molecule has 1 heterocycles. The van der Waals surface area contributed by atoms with Crippen LogP contribution in [0.25, 0.3) is 0 Å². The summed E-state index contributed by atoms with van der Waals surface area (Å²) in [6.07, 6.45) is 1.59. The van der Waals surface area contributed by atoms with E-state index >= 15 is 0 Å². The number of nitrogens with one attached hydrogen (secondary N) is 2. The molecule has 206 valence electrons. The van der Waals surface area contributed by atoms with Gasteiger partial charge in [-0.1, -0.05) is 36.4 Å². The molecule has 1 atom stereocenters. The van der Waals surface area contributed by atoms with Gasteiger partial charge in [0.05, 0.1) is 30.6 Å². The molecular weight excluding hydrogens is 501 g/mol. The number of aliphatic carboxylic acids is 1. The molecule has 0 aliphatic carbocycles. The molecule has 1 aliphatic rings. The molecule has 3 aromatic rings. The topological polar surface area (TPSA) is 100 Å². The number of carbonyl (C=O) groups is 2. The minimum absolute atomic E-state index is 0.0100. The van der Waals surface area contributed by atoms with E-state index in [2.05, 4.69) is 22.5 Å². The molecule has 8 nitrogen and oxygen atoms in total. The Bertz CT molecular complexity index is 1280. The third-order valence-electron chi connectivity index (χ3n) is 6.96. The number of hydrogen-bond acceptors (Lipinski definition) is 5. The number of nitrogens with zero attached hydrogens (tertiary/aromatic N) is 1. The van der Waals surface area contributed by atoms with Gasteiger partial charge in [-0.15, -0.1) is 0 Å². The second kappa shape index (κ2) is 13.1. The van der Waals surface area contributed by atoms with Crippen LogP contribution in [-0.2, 0) is 9.53 Å². The first-order valence-corrected chi connectivity index (χ1v) is 13.1. The Labute approximate surface area is 227 Å². The monoisotopic (exact) mass is 535 g/mol. The van der Waals surface area contributed by atoms with Crippen molar-refractivity contribution in [3.8, 4) is 5.75 Å². The van der Waals surface area contributed by atoms with Crippen molar-refractivity contribution in [3.63, 3.8) is 0 Å². The van der Waals surface area contributed by atoms with E-state index in [4.69, 9.17) is 9.47 Å². The average Bonchev–Trinajstić information content (AvgIpc) is 2.95. The predicted molar refractivity (Wildman–Crippen MR) is 149 cm³/mol. The highest BCUT2D eigenvalue weighted by Gasteiger charge is 2.25. The standard InChI is InChI=1S/C30H34FN3O5/c1-3-34(22-13-15-39-16-14-22)28-12-9-21(24(19-29(35)36)20-7-5-4-6-8-20)17-27(28)33-30(37)32-26-11-10-23(38-2)18-25(26)31/h4-12,17-18,22,24H,3,13-16,19H2,1-2H3,(H,35,36)(H2,32,33,37). The number of carboxylic acids is 1. The first kappa shape index (κ1) is 27.9. The molecule has 4 rings (SSSR count). The number of anilines is 3. The third-order valence-corrected chi connectivity index (χ3v) is 6.96. The number of benzene rings is 3. The van der Waals surface area contributed by atoms with Crippen molar-refractivity contribution in [2.75, 3.05) is 42.4 Å². The molecule has 0 radical (unpaired) electrons. The number of hydrogen-bond donors (Lipinski definition) is 3. The van der Waals surface area contributed by atoms with Crippen molar-refractivity contribution in [1.82, 2.24) is 0 Å². The van der Waals surface area contributed by atoms with Gasteiger partial charge in [-0.25, -0.2) is 9.18 Å². The molecule has 9 heteroatoms. The maximum atomic E-state index is 14.5. The van der Waals surface area contributed by atoms with E-state index < -0.39 is 23.7 Å². The zero-order valence-corrected chi connectivity index (χ0v) is 22.2. The molecule has 0 spiro atoms. The van der Waals surface area contributed by atoms with Gasteiger partial charge in [-0.2, -0.15) is 0 Å². The summed E-state index contributed by atoms with van der Waals surface area (Å²) in [6.45, 7) is 4.07. The highest BCUT2D eigenvalue weighted by atomic mass is 19.1. The van der Waals surface area contributed by atoms with Crippen LogP contribution in [0.4, 0.5) is 26.2 Å². The fourth-order valence-corrected chi connectivity index (χ4v) is 5.03. The zero-order chi connectivity index (χ0) is 27.8. The van der Waals surface area contributed by atoms with Gasteiger partial charge in [-0.3, -0.25) is 4.79 Å². The molecule has 0 aromatic heterocycles. The summed E-state index contributed by atoms with van der Waals surface area (Å²) in [5.41, 5.74) is 2.94. The Hall–Kier alpha value is -4.11. The number of methoxy groups -OCH3 is 1. The first-order chi connectivity index (χ1) is 18.9. The fraction of sp³-hybridized carbons (Fsp3) is 0.333. The SMILES string of the molecule is CCN(c1ccc(C(CC(=O)O)c2ccccc2)cc1NC(=O)Nc1ccc(OC)cc1F)C1CCOCC1. The van der Waals surface area contributed by atoms with Gasteiger partial charge >= 0.3 is 12.0 Å². The molecule has 0 saturated carbocycles. The number of halogens is 1. The molecule has 1 unspecified atom stereocenters. The summed E-state index contributed by atoms with van der Waals surface area (Å²) in [7, 11) is 1.44. The van der Waals surface area contributed by atoms with Gasteiger partial charge in [0.2, 0.25) is 0 Å². The second-order valence-electron chi connectivity index (χ2n) is 9.39. The summed E-state index contributed by atoms with van der Waals surface area (Å²) in [5.74, 6) is -1.62. The van der Waals surface area contributed by atoms with Crippen molar-refractivity contribution in [3.05, 3.63) is 83.7 Å². The molecule has 2 amide bonds. The number of carboxylic acid groups (broad SMARTS) is 1. The Morgan fingerprint density at radius 1 is 1.03 bits per heavy atom. The van der Waals surface area contributed by atoms with Crippen molar-refractivity contribution in [2.24, 2.45) is 0 Å². The first-order valence-electron chi connectivity index (χ1n) is 13.1. The molecule has 1 aliphatic heterocycles. The van der Waals surface area contributed by atoms with Crippen molar-refractivity contribution in [1.29, 1.82) is 0 Å². The van der Waals surface area contributed by atoms with E-state index in [1.165, 1.54) is 19.2 Å². The van der Waals surface area contributed by atoms with Gasteiger partial charge < -0.3 is 30.1 Å². The third kappa shape index (κ3) is 7.06. The number of amides is 2. The zero-order valence-electron chi connectivity index (χ0n) is 22.2. The summed E-state index contributed by atoms with van der Waals surface area (Å²) >= 11 is 0.